The molecule has 0 saturated heterocycles. The number of carboxylic acid groups (broad SMARTS) is 1. The van der Waals surface area contributed by atoms with Crippen molar-refractivity contribution in [2.24, 2.45) is 5.73 Å². The summed E-state index contributed by atoms with van der Waals surface area (Å²) in [5.41, 5.74) is 5.26. The minimum Gasteiger partial charge on any atom is -0.480 e. The first kappa shape index (κ1) is 25.3. The minimum atomic E-state index is -1.20. The molecular weight excluding hydrogens is 350 g/mol. The third-order valence-corrected chi connectivity index (χ3v) is 3.61. The summed E-state index contributed by atoms with van der Waals surface area (Å²) in [4.78, 5) is 35.2. The van der Waals surface area contributed by atoms with Crippen molar-refractivity contribution in [2.75, 3.05) is 6.54 Å². The van der Waals surface area contributed by atoms with Crippen LogP contribution in [0, 0.1) is 0 Å². The van der Waals surface area contributed by atoms with Crippen molar-refractivity contribution in [1.29, 1.82) is 0 Å². The molecule has 0 aliphatic carbocycles. The molecule has 0 radical (unpaired) electrons. The quantitative estimate of drug-likeness (QED) is 0.312. The average molecular weight is 388 g/mol. The lowest BCUT2D eigenvalue weighted by atomic mass is 10.1. The molecule has 0 unspecified atom stereocenters. The number of ether oxygens (including phenoxy) is 1. The van der Waals surface area contributed by atoms with E-state index in [0.717, 1.165) is 19.4 Å². The van der Waals surface area contributed by atoms with Crippen LogP contribution >= 0.6 is 0 Å². The molecule has 2 atom stereocenters. The lowest BCUT2D eigenvalue weighted by molar-refractivity contribution is -0.155. The Bertz CT molecular complexity index is 495. The Morgan fingerprint density at radius 1 is 1.04 bits per heavy atom. The number of rotatable bonds is 11. The highest BCUT2D eigenvalue weighted by molar-refractivity contribution is 5.87. The zero-order valence-electron chi connectivity index (χ0n) is 17.6. The van der Waals surface area contributed by atoms with E-state index in [1.54, 1.807) is 20.8 Å². The zero-order chi connectivity index (χ0) is 21.3. The van der Waals surface area contributed by atoms with Crippen LogP contribution in [0.3, 0.4) is 0 Å². The largest absolute Gasteiger partial charge is 0.480 e. The number of carbonyl (C=O) groups excluding carboxylic acids is 2. The van der Waals surface area contributed by atoms with Gasteiger partial charge in [0.1, 0.15) is 11.6 Å². The van der Waals surface area contributed by atoms with E-state index in [0.29, 0.717) is 6.42 Å². The minimum absolute atomic E-state index is 0.0434. The SMILES string of the molecule is CC(C)(C)NCCCC[C@H](N)C(=O)N[C@@H](CCC(=O)OC(C)(C)C)C(=O)O. The van der Waals surface area contributed by atoms with Crippen LogP contribution in [-0.4, -0.2) is 52.7 Å². The van der Waals surface area contributed by atoms with Crippen molar-refractivity contribution < 1.29 is 24.2 Å². The van der Waals surface area contributed by atoms with E-state index in [1.165, 1.54) is 0 Å². The second-order valence-electron chi connectivity index (χ2n) is 8.80. The van der Waals surface area contributed by atoms with E-state index in [-0.39, 0.29) is 18.4 Å². The number of carbonyl (C=O) groups is 3. The van der Waals surface area contributed by atoms with Gasteiger partial charge < -0.3 is 26.2 Å². The molecule has 5 N–H and O–H groups in total. The summed E-state index contributed by atoms with van der Waals surface area (Å²) in [6.07, 6.45) is 1.96. The van der Waals surface area contributed by atoms with E-state index in [1.807, 2.05) is 0 Å². The number of aliphatic carboxylic acids is 1. The summed E-state index contributed by atoms with van der Waals surface area (Å²) < 4.78 is 5.15. The maximum absolute atomic E-state index is 12.1. The summed E-state index contributed by atoms with van der Waals surface area (Å²) in [7, 11) is 0. The molecule has 0 aromatic rings. The van der Waals surface area contributed by atoms with Crippen LogP contribution in [0.25, 0.3) is 0 Å². The average Bonchev–Trinajstić information content (AvgIpc) is 2.47. The molecule has 27 heavy (non-hydrogen) atoms. The Labute approximate surface area is 162 Å². The predicted octanol–water partition coefficient (Wildman–Crippen LogP) is 1.56. The molecule has 0 aromatic heterocycles. The van der Waals surface area contributed by atoms with Crippen LogP contribution < -0.4 is 16.4 Å². The second-order valence-corrected chi connectivity index (χ2v) is 8.80. The maximum atomic E-state index is 12.1. The molecule has 1 amide bonds. The van der Waals surface area contributed by atoms with Gasteiger partial charge in [0.25, 0.3) is 0 Å². The number of nitrogens with one attached hydrogen (secondary N) is 2. The van der Waals surface area contributed by atoms with E-state index in [2.05, 4.69) is 31.4 Å². The summed E-state index contributed by atoms with van der Waals surface area (Å²) >= 11 is 0. The van der Waals surface area contributed by atoms with E-state index >= 15 is 0 Å². The topological polar surface area (TPSA) is 131 Å². The highest BCUT2D eigenvalue weighted by atomic mass is 16.6. The highest BCUT2D eigenvalue weighted by Gasteiger charge is 2.25. The summed E-state index contributed by atoms with van der Waals surface area (Å²) in [6.45, 7) is 12.3. The van der Waals surface area contributed by atoms with Gasteiger partial charge in [-0.15, -0.1) is 0 Å². The van der Waals surface area contributed by atoms with Crippen LogP contribution in [0.15, 0.2) is 0 Å². The molecule has 0 rings (SSSR count). The highest BCUT2D eigenvalue weighted by Crippen LogP contribution is 2.10. The maximum Gasteiger partial charge on any atom is 0.326 e. The van der Waals surface area contributed by atoms with Gasteiger partial charge in [-0.3, -0.25) is 9.59 Å². The van der Waals surface area contributed by atoms with Crippen LogP contribution in [0.1, 0.15) is 73.6 Å². The van der Waals surface area contributed by atoms with Crippen LogP contribution in [0.5, 0.6) is 0 Å². The number of nitrogens with two attached hydrogens (primary N) is 1. The van der Waals surface area contributed by atoms with Gasteiger partial charge in [-0.25, -0.2) is 4.79 Å². The van der Waals surface area contributed by atoms with Gasteiger partial charge in [0.15, 0.2) is 0 Å². The third-order valence-electron chi connectivity index (χ3n) is 3.61. The first-order chi connectivity index (χ1) is 12.2. The molecule has 0 saturated carbocycles. The van der Waals surface area contributed by atoms with Gasteiger partial charge >= 0.3 is 11.9 Å². The number of amides is 1. The Kier molecular flexibility index (Phi) is 10.5. The molecule has 8 nitrogen and oxygen atoms in total. The van der Waals surface area contributed by atoms with Gasteiger partial charge in [0.2, 0.25) is 5.91 Å². The Hall–Kier alpha value is -1.67. The van der Waals surface area contributed by atoms with Crippen molar-refractivity contribution >= 4 is 17.8 Å². The van der Waals surface area contributed by atoms with E-state index < -0.39 is 35.5 Å². The van der Waals surface area contributed by atoms with Gasteiger partial charge in [-0.05, 0) is 67.3 Å². The summed E-state index contributed by atoms with van der Waals surface area (Å²) in [6, 6.07) is -1.94. The number of hydrogen-bond acceptors (Lipinski definition) is 6. The second kappa shape index (κ2) is 11.2. The lowest BCUT2D eigenvalue weighted by Gasteiger charge is -2.21. The molecule has 0 aliphatic heterocycles. The molecule has 8 heteroatoms. The number of carboxylic acids is 1. The number of esters is 1. The predicted molar refractivity (Wildman–Crippen MR) is 104 cm³/mol. The number of unbranched alkanes of at least 4 members (excludes halogenated alkanes) is 1. The van der Waals surface area contributed by atoms with Crippen molar-refractivity contribution in [2.45, 2.75) is 96.9 Å². The molecule has 0 aliphatic rings. The Morgan fingerprint density at radius 3 is 2.11 bits per heavy atom. The summed E-state index contributed by atoms with van der Waals surface area (Å²) in [5, 5.41) is 15.0. The van der Waals surface area contributed by atoms with Crippen molar-refractivity contribution in [3.63, 3.8) is 0 Å². The fourth-order valence-electron chi connectivity index (χ4n) is 2.27. The van der Waals surface area contributed by atoms with Crippen LogP contribution in [-0.2, 0) is 19.1 Å². The van der Waals surface area contributed by atoms with Gasteiger partial charge in [0, 0.05) is 12.0 Å². The van der Waals surface area contributed by atoms with Crippen molar-refractivity contribution in [3.05, 3.63) is 0 Å². The van der Waals surface area contributed by atoms with Crippen LogP contribution in [0.2, 0.25) is 0 Å². The normalized spacial score (nSPS) is 14.3. The van der Waals surface area contributed by atoms with Gasteiger partial charge in [-0.1, -0.05) is 6.42 Å². The molecular formula is C19H37N3O5. The molecule has 158 valence electrons. The standard InChI is InChI=1S/C19H37N3O5/c1-18(2,3)21-12-8-7-9-13(20)16(24)22-14(17(25)26)10-11-15(23)27-19(4,5)6/h13-14,21H,7-12,20H2,1-6H3,(H,22,24)(H,25,26)/t13-,14-/m0/s1. The van der Waals surface area contributed by atoms with E-state index in [9.17, 15) is 19.5 Å². The smallest absolute Gasteiger partial charge is 0.326 e. The molecule has 0 fully saturated rings. The zero-order valence-corrected chi connectivity index (χ0v) is 17.6. The van der Waals surface area contributed by atoms with Crippen LogP contribution in [0.4, 0.5) is 0 Å². The number of hydrogen-bond donors (Lipinski definition) is 4. The lowest BCUT2D eigenvalue weighted by Crippen LogP contribution is -2.48. The molecule has 0 spiro atoms. The first-order valence-electron chi connectivity index (χ1n) is 9.47. The first-order valence-corrected chi connectivity index (χ1v) is 9.47. The molecule has 0 bridgehead atoms. The third kappa shape index (κ3) is 14.1. The molecule has 0 heterocycles. The fourth-order valence-corrected chi connectivity index (χ4v) is 2.27. The van der Waals surface area contributed by atoms with Gasteiger partial charge in [-0.2, -0.15) is 0 Å². The van der Waals surface area contributed by atoms with Crippen molar-refractivity contribution in [3.8, 4) is 0 Å². The fraction of sp³-hybridized carbons (Fsp3) is 0.842. The Balaban J connectivity index is 4.30. The monoisotopic (exact) mass is 387 g/mol. The van der Waals surface area contributed by atoms with E-state index in [4.69, 9.17) is 10.5 Å². The summed E-state index contributed by atoms with van der Waals surface area (Å²) in [5.74, 6) is -2.22. The van der Waals surface area contributed by atoms with Crippen molar-refractivity contribution in [1.82, 2.24) is 10.6 Å². The molecule has 0 aromatic carbocycles. The Morgan fingerprint density at radius 2 is 1.63 bits per heavy atom. The van der Waals surface area contributed by atoms with Gasteiger partial charge in [0.05, 0.1) is 6.04 Å².